The lowest BCUT2D eigenvalue weighted by Gasteiger charge is -2.39. The quantitative estimate of drug-likeness (QED) is 0.558. The van der Waals surface area contributed by atoms with Crippen LogP contribution < -0.4 is 15.8 Å². The molecule has 0 radical (unpaired) electrons. The highest BCUT2D eigenvalue weighted by Gasteiger charge is 2.53. The molecule has 198 valence electrons. The van der Waals surface area contributed by atoms with Gasteiger partial charge in [0.05, 0.1) is 18.0 Å². The molecule has 0 saturated heterocycles. The van der Waals surface area contributed by atoms with Crippen molar-refractivity contribution in [2.45, 2.75) is 75.9 Å². The number of nitrogens with one attached hydrogen (secondary N) is 1. The number of alkyl halides is 3. The summed E-state index contributed by atoms with van der Waals surface area (Å²) in [6.07, 6.45) is -5.12. The zero-order valence-electron chi connectivity index (χ0n) is 20.7. The van der Waals surface area contributed by atoms with Gasteiger partial charge in [-0.3, -0.25) is 14.5 Å². The van der Waals surface area contributed by atoms with Crippen molar-refractivity contribution in [2.75, 3.05) is 13.7 Å². The predicted molar refractivity (Wildman–Crippen MR) is 126 cm³/mol. The van der Waals surface area contributed by atoms with Gasteiger partial charge in [0.15, 0.2) is 12.1 Å². The Morgan fingerprint density at radius 1 is 1.36 bits per heavy atom. The maximum Gasteiger partial charge on any atom is 0.425 e. The van der Waals surface area contributed by atoms with E-state index in [1.54, 1.807) is 25.3 Å². The Bertz CT molecular complexity index is 1030. The molecule has 6 atom stereocenters. The van der Waals surface area contributed by atoms with Gasteiger partial charge in [0, 0.05) is 37.7 Å². The normalized spacial score (nSPS) is 30.7. The second kappa shape index (κ2) is 9.91. The van der Waals surface area contributed by atoms with Crippen LogP contribution in [0.2, 0.25) is 0 Å². The van der Waals surface area contributed by atoms with Crippen molar-refractivity contribution in [3.05, 3.63) is 29.8 Å². The molecule has 0 spiro atoms. The first-order chi connectivity index (χ1) is 17.0. The molecule has 1 aromatic carbocycles. The first kappa shape index (κ1) is 26.2. The number of halogens is 3. The number of fused-ring (bicyclic) bond motifs is 1. The van der Waals surface area contributed by atoms with E-state index in [0.29, 0.717) is 31.4 Å². The van der Waals surface area contributed by atoms with Crippen molar-refractivity contribution in [1.82, 2.24) is 10.2 Å². The van der Waals surface area contributed by atoms with Gasteiger partial charge in [0.1, 0.15) is 5.75 Å². The zero-order valence-corrected chi connectivity index (χ0v) is 20.7. The van der Waals surface area contributed by atoms with Gasteiger partial charge < -0.3 is 20.5 Å². The van der Waals surface area contributed by atoms with E-state index >= 15 is 0 Å². The van der Waals surface area contributed by atoms with Crippen LogP contribution in [-0.4, -0.2) is 60.3 Å². The molecule has 2 heterocycles. The van der Waals surface area contributed by atoms with Crippen LogP contribution in [-0.2, 0) is 14.3 Å². The van der Waals surface area contributed by atoms with Crippen LogP contribution in [0, 0.1) is 11.8 Å². The number of methoxy groups -OCH3 is 1. The molecule has 1 aromatic rings. The molecule has 11 heteroatoms. The Hall–Kier alpha value is -2.82. The monoisotopic (exact) mass is 510 g/mol. The second-order valence-electron chi connectivity index (χ2n) is 10.1. The van der Waals surface area contributed by atoms with Crippen molar-refractivity contribution in [3.8, 4) is 5.75 Å². The maximum absolute atomic E-state index is 13.5. The molecule has 1 fully saturated rings. The summed E-state index contributed by atoms with van der Waals surface area (Å²) in [5.74, 6) is -0.893. The lowest BCUT2D eigenvalue weighted by Crippen LogP contribution is -2.56. The number of nitrogens with zero attached hydrogens (tertiary/aromatic N) is 2. The van der Waals surface area contributed by atoms with Gasteiger partial charge in [0.25, 0.3) is 0 Å². The Morgan fingerprint density at radius 3 is 2.72 bits per heavy atom. The Labute approximate surface area is 208 Å². The summed E-state index contributed by atoms with van der Waals surface area (Å²) in [6, 6.07) is 5.21. The molecule has 3 N–H and O–H groups in total. The average molecular weight is 511 g/mol. The van der Waals surface area contributed by atoms with Gasteiger partial charge in [-0.1, -0.05) is 25.1 Å². The van der Waals surface area contributed by atoms with E-state index in [2.05, 4.69) is 10.3 Å². The minimum atomic E-state index is -4.55. The van der Waals surface area contributed by atoms with E-state index in [9.17, 15) is 22.8 Å². The van der Waals surface area contributed by atoms with E-state index in [4.69, 9.17) is 15.2 Å². The highest BCUT2D eigenvalue weighted by molar-refractivity contribution is 5.99. The number of ether oxygens (including phenoxy) is 2. The summed E-state index contributed by atoms with van der Waals surface area (Å²) < 4.78 is 50.7. The number of hydrogen-bond acceptors (Lipinski definition) is 6. The van der Waals surface area contributed by atoms with E-state index < -0.39 is 36.2 Å². The highest BCUT2D eigenvalue weighted by Crippen LogP contribution is 2.47. The molecule has 8 nitrogen and oxygen atoms in total. The van der Waals surface area contributed by atoms with Gasteiger partial charge in [-0.15, -0.1) is 0 Å². The average Bonchev–Trinajstić information content (AvgIpc) is 3.61. The lowest BCUT2D eigenvalue weighted by atomic mass is 9.92. The van der Waals surface area contributed by atoms with Crippen LogP contribution in [0.4, 0.5) is 13.2 Å². The summed E-state index contributed by atoms with van der Waals surface area (Å²) in [5, 5.41) is 2.81. The Morgan fingerprint density at radius 2 is 2.08 bits per heavy atom. The molecule has 0 aromatic heterocycles. The fraction of sp³-hybridized carbons (Fsp3) is 0.640. The molecule has 36 heavy (non-hydrogen) atoms. The zero-order chi connectivity index (χ0) is 26.3. The molecule has 1 aliphatic carbocycles. The van der Waals surface area contributed by atoms with E-state index in [1.165, 1.54) is 11.0 Å². The third-order valence-corrected chi connectivity index (χ3v) is 7.51. The number of para-hydroxylation sites is 1. The standard InChI is InChI=1S/C25H33F3N4O4/c1-4-24(2)13-21(33)32(23(29)31-24)18(9-10-35-3)15-11-16(15)22(34)30-17-12-20(25(26,27)28)36-19-8-6-5-7-14(17)19/h5-8,15-18,20H,4,9-13H2,1-3H3,(H2,29,31)(H,30,34)/t15?,16-,17+,18-,20?,24-/m1/s1. The van der Waals surface area contributed by atoms with E-state index in [1.807, 2.05) is 13.8 Å². The molecule has 3 aliphatic rings. The summed E-state index contributed by atoms with van der Waals surface area (Å²) in [5.41, 5.74) is 6.19. The minimum absolute atomic E-state index is 0.114. The number of aliphatic imine (C=N–C) groups is 1. The third-order valence-electron chi connectivity index (χ3n) is 7.51. The first-order valence-electron chi connectivity index (χ1n) is 12.3. The fourth-order valence-electron chi connectivity index (χ4n) is 5.22. The predicted octanol–water partition coefficient (Wildman–Crippen LogP) is 3.31. The number of carbonyl (C=O) groups is 2. The molecule has 2 aliphatic heterocycles. The topological polar surface area (TPSA) is 106 Å². The van der Waals surface area contributed by atoms with E-state index in [-0.39, 0.29) is 41.9 Å². The van der Waals surface area contributed by atoms with Crippen LogP contribution in [0.1, 0.15) is 57.6 Å². The van der Waals surface area contributed by atoms with Gasteiger partial charge in [0.2, 0.25) is 11.8 Å². The van der Waals surface area contributed by atoms with Crippen LogP contribution in [0.3, 0.4) is 0 Å². The molecular formula is C25H33F3N4O4. The second-order valence-corrected chi connectivity index (χ2v) is 10.1. The molecule has 0 bridgehead atoms. The molecule has 1 saturated carbocycles. The number of rotatable bonds is 8. The van der Waals surface area contributed by atoms with Gasteiger partial charge in [-0.05, 0) is 38.2 Å². The largest absolute Gasteiger partial charge is 0.480 e. The molecule has 2 amide bonds. The SMILES string of the molecule is CC[C@]1(C)CC(=O)N([C@H](CCOC)C2C[C@H]2C(=O)N[C@H]2CC(C(F)(F)F)Oc3ccccc32)C(N)=N1. The van der Waals surface area contributed by atoms with Crippen molar-refractivity contribution in [1.29, 1.82) is 0 Å². The minimum Gasteiger partial charge on any atom is -0.480 e. The molecule has 2 unspecified atom stereocenters. The van der Waals surface area contributed by atoms with Crippen molar-refractivity contribution in [2.24, 2.45) is 22.6 Å². The third kappa shape index (κ3) is 5.30. The lowest BCUT2D eigenvalue weighted by molar-refractivity contribution is -0.201. The summed E-state index contributed by atoms with van der Waals surface area (Å²) >= 11 is 0. The van der Waals surface area contributed by atoms with Crippen LogP contribution >= 0.6 is 0 Å². The van der Waals surface area contributed by atoms with Crippen molar-refractivity contribution in [3.63, 3.8) is 0 Å². The van der Waals surface area contributed by atoms with Gasteiger partial charge in [-0.25, -0.2) is 4.99 Å². The summed E-state index contributed by atoms with van der Waals surface area (Å²) in [6.45, 7) is 4.19. The van der Waals surface area contributed by atoms with Crippen molar-refractivity contribution < 1.29 is 32.2 Å². The van der Waals surface area contributed by atoms with Crippen molar-refractivity contribution >= 4 is 17.8 Å². The fourth-order valence-corrected chi connectivity index (χ4v) is 5.22. The Kier molecular flexibility index (Phi) is 7.23. The number of benzene rings is 1. The van der Waals surface area contributed by atoms with Crippen LogP contribution in [0.5, 0.6) is 5.75 Å². The molecule has 4 rings (SSSR count). The van der Waals surface area contributed by atoms with Gasteiger partial charge >= 0.3 is 6.18 Å². The smallest absolute Gasteiger partial charge is 0.425 e. The summed E-state index contributed by atoms with van der Waals surface area (Å²) in [7, 11) is 1.55. The number of carbonyl (C=O) groups excluding carboxylic acids is 2. The van der Waals surface area contributed by atoms with Crippen LogP contribution in [0.15, 0.2) is 29.3 Å². The van der Waals surface area contributed by atoms with E-state index in [0.717, 1.165) is 0 Å². The number of hydrogen-bond donors (Lipinski definition) is 2. The first-order valence-corrected chi connectivity index (χ1v) is 12.3. The maximum atomic E-state index is 13.5. The van der Waals surface area contributed by atoms with Crippen LogP contribution in [0.25, 0.3) is 0 Å². The summed E-state index contributed by atoms with van der Waals surface area (Å²) in [4.78, 5) is 32.3. The number of guanidine groups is 1. The Balaban J connectivity index is 1.50. The molecular weight excluding hydrogens is 477 g/mol. The van der Waals surface area contributed by atoms with Gasteiger partial charge in [-0.2, -0.15) is 13.2 Å². The number of amides is 2. The number of nitrogens with two attached hydrogens (primary N) is 1. The highest BCUT2D eigenvalue weighted by atomic mass is 19.4.